The molecule has 0 atom stereocenters. The molecule has 0 amide bonds. The molecule has 0 fully saturated rings. The van der Waals surface area contributed by atoms with E-state index >= 15 is 0 Å². The van der Waals surface area contributed by atoms with Crippen LogP contribution in [0.15, 0.2) is 30.5 Å². The highest BCUT2D eigenvalue weighted by Gasteiger charge is 2.04. The van der Waals surface area contributed by atoms with Gasteiger partial charge in [-0.15, -0.1) is 0 Å². The van der Waals surface area contributed by atoms with Crippen LogP contribution in [0.5, 0.6) is 0 Å². The van der Waals surface area contributed by atoms with Gasteiger partial charge in [-0.3, -0.25) is 0 Å². The molecule has 1 aromatic heterocycles. The molecule has 94 valence electrons. The van der Waals surface area contributed by atoms with Crippen molar-refractivity contribution in [2.24, 2.45) is 5.73 Å². The highest BCUT2D eigenvalue weighted by Crippen LogP contribution is 2.22. The van der Waals surface area contributed by atoms with Crippen LogP contribution < -0.4 is 11.1 Å². The van der Waals surface area contributed by atoms with Gasteiger partial charge in [0.25, 0.3) is 0 Å². The Labute approximate surface area is 107 Å². The summed E-state index contributed by atoms with van der Waals surface area (Å²) in [6.45, 7) is 4.72. The van der Waals surface area contributed by atoms with Gasteiger partial charge in [0.05, 0.1) is 0 Å². The Morgan fingerprint density at radius 3 is 2.56 bits per heavy atom. The molecule has 1 aromatic carbocycles. The summed E-state index contributed by atoms with van der Waals surface area (Å²) in [5.74, 6) is 1.58. The average molecular weight is 242 g/mol. The Bertz CT molecular complexity index is 517. The van der Waals surface area contributed by atoms with Crippen LogP contribution in [-0.2, 0) is 6.42 Å². The quantitative estimate of drug-likeness (QED) is 0.863. The number of aromatic nitrogens is 2. The smallest absolute Gasteiger partial charge is 0.134 e. The molecule has 0 unspecified atom stereocenters. The largest absolute Gasteiger partial charge is 0.340 e. The summed E-state index contributed by atoms with van der Waals surface area (Å²) in [7, 11) is 0. The van der Waals surface area contributed by atoms with Crippen LogP contribution >= 0.6 is 0 Å². The zero-order valence-corrected chi connectivity index (χ0v) is 10.8. The molecule has 4 heteroatoms. The predicted molar refractivity (Wildman–Crippen MR) is 74.0 cm³/mol. The summed E-state index contributed by atoms with van der Waals surface area (Å²) >= 11 is 0. The summed E-state index contributed by atoms with van der Waals surface area (Å²) in [5, 5.41) is 3.35. The molecule has 3 N–H and O–H groups in total. The van der Waals surface area contributed by atoms with E-state index in [1.807, 2.05) is 6.07 Å². The first-order valence-corrected chi connectivity index (χ1v) is 6.06. The van der Waals surface area contributed by atoms with Crippen LogP contribution in [0.4, 0.5) is 11.5 Å². The molecule has 0 radical (unpaired) electrons. The second kappa shape index (κ2) is 5.60. The Morgan fingerprint density at radius 2 is 1.89 bits per heavy atom. The molecule has 4 nitrogen and oxygen atoms in total. The zero-order chi connectivity index (χ0) is 13.0. The van der Waals surface area contributed by atoms with Crippen molar-refractivity contribution in [1.29, 1.82) is 0 Å². The SMILES string of the molecule is Cc1cccc(C)c1Nc1ccnc(CCN)n1. The fourth-order valence-electron chi connectivity index (χ4n) is 1.86. The highest BCUT2D eigenvalue weighted by atomic mass is 15.0. The lowest BCUT2D eigenvalue weighted by Crippen LogP contribution is -2.07. The third-order valence-corrected chi connectivity index (χ3v) is 2.81. The maximum absolute atomic E-state index is 5.51. The van der Waals surface area contributed by atoms with E-state index in [1.165, 1.54) is 11.1 Å². The first kappa shape index (κ1) is 12.5. The Hall–Kier alpha value is -1.94. The minimum atomic E-state index is 0.562. The molecule has 0 aliphatic heterocycles. The van der Waals surface area contributed by atoms with Gasteiger partial charge in [0.2, 0.25) is 0 Å². The van der Waals surface area contributed by atoms with E-state index < -0.39 is 0 Å². The number of hydrogen-bond acceptors (Lipinski definition) is 4. The molecule has 0 saturated heterocycles. The fourth-order valence-corrected chi connectivity index (χ4v) is 1.86. The van der Waals surface area contributed by atoms with Crippen molar-refractivity contribution in [2.75, 3.05) is 11.9 Å². The molecular formula is C14H18N4. The third kappa shape index (κ3) is 2.84. The molecule has 0 aliphatic carbocycles. The maximum Gasteiger partial charge on any atom is 0.134 e. The van der Waals surface area contributed by atoms with Crippen LogP contribution in [0.3, 0.4) is 0 Å². The van der Waals surface area contributed by atoms with Crippen LogP contribution in [0.1, 0.15) is 17.0 Å². The lowest BCUT2D eigenvalue weighted by molar-refractivity contribution is 0.869. The van der Waals surface area contributed by atoms with Gasteiger partial charge in [-0.2, -0.15) is 0 Å². The van der Waals surface area contributed by atoms with Gasteiger partial charge in [-0.05, 0) is 37.6 Å². The van der Waals surface area contributed by atoms with E-state index in [4.69, 9.17) is 5.73 Å². The van der Waals surface area contributed by atoms with Crippen LogP contribution in [-0.4, -0.2) is 16.5 Å². The summed E-state index contributed by atoms with van der Waals surface area (Å²) in [5.41, 5.74) is 9.02. The van der Waals surface area contributed by atoms with E-state index in [9.17, 15) is 0 Å². The summed E-state index contributed by atoms with van der Waals surface area (Å²) in [6, 6.07) is 8.08. The van der Waals surface area contributed by atoms with Crippen LogP contribution in [0, 0.1) is 13.8 Å². The molecule has 2 aromatic rings. The number of nitrogens with two attached hydrogens (primary N) is 1. The normalized spacial score (nSPS) is 10.4. The first-order chi connectivity index (χ1) is 8.70. The van der Waals surface area contributed by atoms with Gasteiger partial charge in [0.15, 0.2) is 0 Å². The Balaban J connectivity index is 2.26. The second-order valence-electron chi connectivity index (χ2n) is 4.29. The van der Waals surface area contributed by atoms with Gasteiger partial charge in [0.1, 0.15) is 11.6 Å². The third-order valence-electron chi connectivity index (χ3n) is 2.81. The standard InChI is InChI=1S/C14H18N4/c1-10-4-3-5-11(2)14(10)18-13-7-9-16-12(17-13)6-8-15/h3-5,7,9H,6,8,15H2,1-2H3,(H,16,17,18). The maximum atomic E-state index is 5.51. The number of benzene rings is 1. The van der Waals surface area contributed by atoms with Crippen molar-refractivity contribution in [3.63, 3.8) is 0 Å². The van der Waals surface area contributed by atoms with Crippen molar-refractivity contribution in [3.8, 4) is 0 Å². The predicted octanol–water partition coefficient (Wildman–Crippen LogP) is 2.34. The van der Waals surface area contributed by atoms with Gasteiger partial charge in [-0.1, -0.05) is 18.2 Å². The minimum Gasteiger partial charge on any atom is -0.340 e. The number of aryl methyl sites for hydroxylation is 2. The van der Waals surface area contributed by atoms with Gasteiger partial charge in [-0.25, -0.2) is 9.97 Å². The number of para-hydroxylation sites is 1. The van der Waals surface area contributed by atoms with Gasteiger partial charge in [0, 0.05) is 18.3 Å². The number of rotatable bonds is 4. The Morgan fingerprint density at radius 1 is 1.17 bits per heavy atom. The van der Waals surface area contributed by atoms with Gasteiger partial charge < -0.3 is 11.1 Å². The highest BCUT2D eigenvalue weighted by molar-refractivity contribution is 5.64. The molecule has 0 saturated carbocycles. The lowest BCUT2D eigenvalue weighted by atomic mass is 10.1. The van der Waals surface area contributed by atoms with Gasteiger partial charge >= 0.3 is 0 Å². The van der Waals surface area contributed by atoms with Crippen molar-refractivity contribution in [1.82, 2.24) is 9.97 Å². The monoisotopic (exact) mass is 242 g/mol. The van der Waals surface area contributed by atoms with Crippen LogP contribution in [0.25, 0.3) is 0 Å². The van der Waals surface area contributed by atoms with Crippen molar-refractivity contribution in [3.05, 3.63) is 47.4 Å². The zero-order valence-electron chi connectivity index (χ0n) is 10.8. The first-order valence-electron chi connectivity index (χ1n) is 6.06. The number of anilines is 2. The summed E-state index contributed by atoms with van der Waals surface area (Å²) < 4.78 is 0. The second-order valence-corrected chi connectivity index (χ2v) is 4.29. The van der Waals surface area contributed by atoms with Crippen LogP contribution in [0.2, 0.25) is 0 Å². The van der Waals surface area contributed by atoms with Crippen molar-refractivity contribution >= 4 is 11.5 Å². The van der Waals surface area contributed by atoms with E-state index in [1.54, 1.807) is 6.20 Å². The van der Waals surface area contributed by atoms with Crippen molar-refractivity contribution < 1.29 is 0 Å². The Kier molecular flexibility index (Phi) is 3.89. The fraction of sp³-hybridized carbons (Fsp3) is 0.286. The summed E-state index contributed by atoms with van der Waals surface area (Å²) in [6.07, 6.45) is 2.45. The number of nitrogens with zero attached hydrogens (tertiary/aromatic N) is 2. The number of hydrogen-bond donors (Lipinski definition) is 2. The minimum absolute atomic E-state index is 0.562. The molecule has 0 bridgehead atoms. The van der Waals surface area contributed by atoms with Crippen molar-refractivity contribution in [2.45, 2.75) is 20.3 Å². The van der Waals surface area contributed by atoms with E-state index in [-0.39, 0.29) is 0 Å². The lowest BCUT2D eigenvalue weighted by Gasteiger charge is -2.12. The topological polar surface area (TPSA) is 63.8 Å². The van der Waals surface area contributed by atoms with E-state index in [0.29, 0.717) is 13.0 Å². The van der Waals surface area contributed by atoms with E-state index in [0.717, 1.165) is 17.3 Å². The molecule has 0 spiro atoms. The molecule has 18 heavy (non-hydrogen) atoms. The molecule has 0 aliphatic rings. The molecular weight excluding hydrogens is 224 g/mol. The average Bonchev–Trinajstić information content (AvgIpc) is 2.35. The molecule has 1 heterocycles. The van der Waals surface area contributed by atoms with E-state index in [2.05, 4.69) is 47.3 Å². The summed E-state index contributed by atoms with van der Waals surface area (Å²) in [4.78, 5) is 8.62. The number of nitrogens with one attached hydrogen (secondary N) is 1. The molecule has 2 rings (SSSR count).